The molecule has 0 spiro atoms. The summed E-state index contributed by atoms with van der Waals surface area (Å²) < 4.78 is 0. The van der Waals surface area contributed by atoms with Crippen LogP contribution in [0.15, 0.2) is 18.2 Å². The first-order valence-electron chi connectivity index (χ1n) is 6.35. The molecule has 1 amide bonds. The van der Waals surface area contributed by atoms with Gasteiger partial charge in [-0.15, -0.1) is 0 Å². The summed E-state index contributed by atoms with van der Waals surface area (Å²) in [5.74, 6) is 0.987. The molecule has 1 fully saturated rings. The van der Waals surface area contributed by atoms with Gasteiger partial charge >= 0.3 is 0 Å². The zero-order valence-corrected chi connectivity index (χ0v) is 11.5. The van der Waals surface area contributed by atoms with Crippen molar-refractivity contribution >= 4 is 23.2 Å². The Morgan fingerprint density at radius 3 is 2.67 bits per heavy atom. The van der Waals surface area contributed by atoms with Crippen LogP contribution in [0.25, 0.3) is 0 Å². The SMILES string of the molecule is CC1CCC(NC(=O)c2c(N)cccc2Cl)C1C. The third-order valence-electron chi connectivity index (χ3n) is 4.05. The van der Waals surface area contributed by atoms with Gasteiger partial charge in [-0.1, -0.05) is 31.5 Å². The van der Waals surface area contributed by atoms with E-state index in [1.54, 1.807) is 18.2 Å². The van der Waals surface area contributed by atoms with Crippen molar-refractivity contribution in [2.45, 2.75) is 32.7 Å². The van der Waals surface area contributed by atoms with E-state index in [9.17, 15) is 4.79 Å². The van der Waals surface area contributed by atoms with Gasteiger partial charge in [0.2, 0.25) is 0 Å². The maximum atomic E-state index is 12.2. The second-order valence-corrected chi connectivity index (χ2v) is 5.60. The summed E-state index contributed by atoms with van der Waals surface area (Å²) in [4.78, 5) is 12.2. The maximum Gasteiger partial charge on any atom is 0.255 e. The molecule has 1 aliphatic carbocycles. The molecule has 0 bridgehead atoms. The first-order valence-corrected chi connectivity index (χ1v) is 6.73. The molecule has 3 nitrogen and oxygen atoms in total. The standard InChI is InChI=1S/C14H19ClN2O/c1-8-6-7-12(9(8)2)17-14(18)13-10(15)4-3-5-11(13)16/h3-5,8-9,12H,6-7,16H2,1-2H3,(H,17,18). The summed E-state index contributed by atoms with van der Waals surface area (Å²) in [5, 5.41) is 3.46. The normalized spacial score (nSPS) is 27.2. The fourth-order valence-electron chi connectivity index (χ4n) is 2.59. The number of amides is 1. The smallest absolute Gasteiger partial charge is 0.255 e. The van der Waals surface area contributed by atoms with Gasteiger partial charge in [-0.25, -0.2) is 0 Å². The van der Waals surface area contributed by atoms with Crippen molar-refractivity contribution in [2.24, 2.45) is 11.8 Å². The number of nitrogens with two attached hydrogens (primary N) is 1. The van der Waals surface area contributed by atoms with Gasteiger partial charge in [0.1, 0.15) is 0 Å². The molecule has 2 rings (SSSR count). The average molecular weight is 267 g/mol. The average Bonchev–Trinajstić information content (AvgIpc) is 2.61. The Kier molecular flexibility index (Phi) is 3.81. The number of carbonyl (C=O) groups excluding carboxylic acids is 1. The lowest BCUT2D eigenvalue weighted by Crippen LogP contribution is -2.37. The molecule has 4 heteroatoms. The van der Waals surface area contributed by atoms with Crippen molar-refractivity contribution in [1.82, 2.24) is 5.32 Å². The summed E-state index contributed by atoms with van der Waals surface area (Å²) in [6, 6.07) is 5.35. The van der Waals surface area contributed by atoms with Crippen LogP contribution in [0.2, 0.25) is 5.02 Å². The molecule has 98 valence electrons. The summed E-state index contributed by atoms with van der Waals surface area (Å²) in [6.45, 7) is 4.40. The largest absolute Gasteiger partial charge is 0.398 e. The van der Waals surface area contributed by atoms with Crippen LogP contribution in [-0.2, 0) is 0 Å². The summed E-state index contributed by atoms with van der Waals surface area (Å²) in [5.41, 5.74) is 6.64. The highest BCUT2D eigenvalue weighted by molar-refractivity contribution is 6.34. The molecular formula is C14H19ClN2O. The molecule has 3 N–H and O–H groups in total. The van der Waals surface area contributed by atoms with Crippen molar-refractivity contribution in [3.63, 3.8) is 0 Å². The fraction of sp³-hybridized carbons (Fsp3) is 0.500. The van der Waals surface area contributed by atoms with E-state index in [2.05, 4.69) is 19.2 Å². The first-order chi connectivity index (χ1) is 8.50. The minimum Gasteiger partial charge on any atom is -0.398 e. The number of benzene rings is 1. The monoisotopic (exact) mass is 266 g/mol. The highest BCUT2D eigenvalue weighted by Crippen LogP contribution is 2.32. The minimum atomic E-state index is -0.163. The third-order valence-corrected chi connectivity index (χ3v) is 4.37. The van der Waals surface area contributed by atoms with Gasteiger partial charge < -0.3 is 11.1 Å². The number of nitrogens with one attached hydrogen (secondary N) is 1. The van der Waals surface area contributed by atoms with Crippen LogP contribution in [0, 0.1) is 11.8 Å². The predicted octanol–water partition coefficient (Wildman–Crippen LogP) is 3.09. The van der Waals surface area contributed by atoms with Crippen LogP contribution >= 0.6 is 11.6 Å². The zero-order valence-electron chi connectivity index (χ0n) is 10.7. The van der Waals surface area contributed by atoms with E-state index in [4.69, 9.17) is 17.3 Å². The molecule has 1 aromatic carbocycles. The second-order valence-electron chi connectivity index (χ2n) is 5.20. The van der Waals surface area contributed by atoms with Crippen molar-refractivity contribution in [3.05, 3.63) is 28.8 Å². The molecule has 1 aromatic rings. The number of hydrogen-bond acceptors (Lipinski definition) is 2. The number of nitrogen functional groups attached to an aromatic ring is 1. The molecule has 0 aliphatic heterocycles. The molecule has 0 aromatic heterocycles. The van der Waals surface area contributed by atoms with Gasteiger partial charge in [-0.2, -0.15) is 0 Å². The van der Waals surface area contributed by atoms with Gasteiger partial charge in [0.05, 0.1) is 10.6 Å². The van der Waals surface area contributed by atoms with Crippen LogP contribution in [0.4, 0.5) is 5.69 Å². The Labute approximate surface area is 113 Å². The van der Waals surface area contributed by atoms with Crippen molar-refractivity contribution in [1.29, 1.82) is 0 Å². The summed E-state index contributed by atoms with van der Waals surface area (Å²) in [7, 11) is 0. The lowest BCUT2D eigenvalue weighted by atomic mass is 9.97. The number of carbonyl (C=O) groups is 1. The van der Waals surface area contributed by atoms with Crippen molar-refractivity contribution in [2.75, 3.05) is 5.73 Å². The maximum absolute atomic E-state index is 12.2. The van der Waals surface area contributed by atoms with E-state index in [-0.39, 0.29) is 11.9 Å². The number of rotatable bonds is 2. The zero-order chi connectivity index (χ0) is 13.3. The lowest BCUT2D eigenvalue weighted by Gasteiger charge is -2.20. The molecule has 3 unspecified atom stereocenters. The van der Waals surface area contributed by atoms with E-state index in [0.717, 1.165) is 12.8 Å². The number of hydrogen-bond donors (Lipinski definition) is 2. The highest BCUT2D eigenvalue weighted by Gasteiger charge is 2.31. The quantitative estimate of drug-likeness (QED) is 0.809. The Morgan fingerprint density at radius 2 is 2.11 bits per heavy atom. The van der Waals surface area contributed by atoms with Crippen LogP contribution in [0.3, 0.4) is 0 Å². The molecule has 0 radical (unpaired) electrons. The number of halogens is 1. The molecular weight excluding hydrogens is 248 g/mol. The Morgan fingerprint density at radius 1 is 1.39 bits per heavy atom. The van der Waals surface area contributed by atoms with Crippen LogP contribution in [0.1, 0.15) is 37.0 Å². The topological polar surface area (TPSA) is 55.1 Å². The van der Waals surface area contributed by atoms with E-state index in [0.29, 0.717) is 28.1 Å². The van der Waals surface area contributed by atoms with Gasteiger partial charge in [0.15, 0.2) is 0 Å². The highest BCUT2D eigenvalue weighted by atomic mass is 35.5. The van der Waals surface area contributed by atoms with E-state index in [1.807, 2.05) is 0 Å². The summed E-state index contributed by atoms with van der Waals surface area (Å²) in [6.07, 6.45) is 2.18. The Bertz CT molecular complexity index is 441. The second kappa shape index (κ2) is 5.19. The van der Waals surface area contributed by atoms with Crippen LogP contribution < -0.4 is 11.1 Å². The molecule has 1 saturated carbocycles. The van der Waals surface area contributed by atoms with Gasteiger partial charge in [-0.3, -0.25) is 4.79 Å². The van der Waals surface area contributed by atoms with Crippen LogP contribution in [-0.4, -0.2) is 11.9 Å². The number of anilines is 1. The molecule has 1 aliphatic rings. The first kappa shape index (κ1) is 13.2. The van der Waals surface area contributed by atoms with Gasteiger partial charge in [-0.05, 0) is 36.8 Å². The summed E-state index contributed by atoms with van der Waals surface area (Å²) >= 11 is 6.03. The van der Waals surface area contributed by atoms with E-state index in [1.165, 1.54) is 0 Å². The lowest BCUT2D eigenvalue weighted by molar-refractivity contribution is 0.0928. The minimum absolute atomic E-state index is 0.163. The molecule has 3 atom stereocenters. The van der Waals surface area contributed by atoms with Crippen molar-refractivity contribution < 1.29 is 4.79 Å². The van der Waals surface area contributed by atoms with Gasteiger partial charge in [0.25, 0.3) is 5.91 Å². The van der Waals surface area contributed by atoms with Crippen LogP contribution in [0.5, 0.6) is 0 Å². The Hall–Kier alpha value is -1.22. The predicted molar refractivity (Wildman–Crippen MR) is 74.7 cm³/mol. The van der Waals surface area contributed by atoms with Gasteiger partial charge in [0, 0.05) is 11.7 Å². The fourth-order valence-corrected chi connectivity index (χ4v) is 2.86. The van der Waals surface area contributed by atoms with Crippen molar-refractivity contribution in [3.8, 4) is 0 Å². The molecule has 0 saturated heterocycles. The molecule has 0 heterocycles. The third kappa shape index (κ3) is 2.46. The van der Waals surface area contributed by atoms with E-state index < -0.39 is 0 Å². The molecule has 18 heavy (non-hydrogen) atoms. The van der Waals surface area contributed by atoms with E-state index >= 15 is 0 Å². The Balaban J connectivity index is 2.13.